The molecule has 4 aromatic rings. The van der Waals surface area contributed by atoms with E-state index in [0.717, 1.165) is 22.2 Å². The van der Waals surface area contributed by atoms with Crippen LogP contribution in [0, 0.1) is 13.8 Å². The summed E-state index contributed by atoms with van der Waals surface area (Å²) < 4.78 is 5.89. The molecule has 6 nitrogen and oxygen atoms in total. The van der Waals surface area contributed by atoms with Crippen molar-refractivity contribution in [2.75, 3.05) is 5.32 Å². The average Bonchev–Trinajstić information content (AvgIpc) is 3.17. The molecule has 0 saturated carbocycles. The molecule has 0 fully saturated rings. The maximum atomic E-state index is 12.5. The Hall–Kier alpha value is -3.71. The summed E-state index contributed by atoms with van der Waals surface area (Å²) in [6.07, 6.45) is 0. The number of phenolic OH excluding ortho intramolecular Hbond substituents is 1. The monoisotopic (exact) mass is 459 g/mol. The zero-order valence-electron chi connectivity index (χ0n) is 18.9. The van der Waals surface area contributed by atoms with E-state index in [4.69, 9.17) is 16.6 Å². The van der Waals surface area contributed by atoms with Gasteiger partial charge in [-0.3, -0.25) is 10.1 Å². The highest BCUT2D eigenvalue weighted by Gasteiger charge is 2.15. The predicted octanol–water partition coefficient (Wildman–Crippen LogP) is 6.07. The first kappa shape index (κ1) is 22.5. The van der Waals surface area contributed by atoms with Crippen LogP contribution in [-0.4, -0.2) is 21.1 Å². The van der Waals surface area contributed by atoms with Gasteiger partial charge in [-0.05, 0) is 79.0 Å². The smallest absolute Gasteiger partial charge is 0.257 e. The topological polar surface area (TPSA) is 87.4 Å². The summed E-state index contributed by atoms with van der Waals surface area (Å²) in [4.78, 5) is 17.0. The van der Waals surface area contributed by atoms with Crippen LogP contribution in [0.25, 0.3) is 22.6 Å². The lowest BCUT2D eigenvalue weighted by atomic mass is 10.0. The Bertz CT molecular complexity index is 1360. The number of aromatic nitrogens is 1. The fourth-order valence-corrected chi connectivity index (χ4v) is 3.85. The molecule has 0 saturated heterocycles. The summed E-state index contributed by atoms with van der Waals surface area (Å²) in [6.45, 7) is 8.16. The number of rotatable bonds is 4. The molecule has 1 aromatic heterocycles. The Morgan fingerprint density at radius 3 is 2.45 bits per heavy atom. The van der Waals surface area contributed by atoms with Gasteiger partial charge >= 0.3 is 0 Å². The van der Waals surface area contributed by atoms with Crippen molar-refractivity contribution in [3.8, 4) is 17.2 Å². The maximum absolute atomic E-state index is 12.5. The summed E-state index contributed by atoms with van der Waals surface area (Å²) >= 11 is 5.26. The van der Waals surface area contributed by atoms with Gasteiger partial charge in [0.05, 0.1) is 5.56 Å². The van der Waals surface area contributed by atoms with Crippen LogP contribution in [-0.2, 0) is 0 Å². The molecule has 3 N–H and O–H groups in total. The van der Waals surface area contributed by atoms with Crippen LogP contribution in [0.3, 0.4) is 0 Å². The van der Waals surface area contributed by atoms with Crippen molar-refractivity contribution >= 4 is 40.0 Å². The van der Waals surface area contributed by atoms with E-state index in [1.807, 2.05) is 38.1 Å². The van der Waals surface area contributed by atoms with Crippen LogP contribution in [0.5, 0.6) is 5.75 Å². The molecule has 0 aliphatic carbocycles. The highest BCUT2D eigenvalue weighted by Crippen LogP contribution is 2.34. The van der Waals surface area contributed by atoms with Crippen molar-refractivity contribution < 1.29 is 14.3 Å². The molecule has 0 atom stereocenters. The summed E-state index contributed by atoms with van der Waals surface area (Å²) in [6, 6.07) is 16.3. The van der Waals surface area contributed by atoms with E-state index in [1.54, 1.807) is 24.3 Å². The number of benzene rings is 3. The average molecular weight is 460 g/mol. The number of aryl methyl sites for hydroxylation is 2. The van der Waals surface area contributed by atoms with Gasteiger partial charge in [0.1, 0.15) is 11.3 Å². The molecule has 168 valence electrons. The van der Waals surface area contributed by atoms with Gasteiger partial charge in [-0.25, -0.2) is 4.98 Å². The number of hydrogen-bond acceptors (Lipinski definition) is 5. The summed E-state index contributed by atoms with van der Waals surface area (Å²) in [5, 5.41) is 16.3. The van der Waals surface area contributed by atoms with E-state index < -0.39 is 0 Å². The number of fused-ring (bicyclic) bond motifs is 1. The van der Waals surface area contributed by atoms with Gasteiger partial charge in [0, 0.05) is 17.3 Å². The molecule has 1 amide bonds. The Morgan fingerprint density at radius 2 is 1.79 bits per heavy atom. The molecule has 1 heterocycles. The predicted molar refractivity (Wildman–Crippen MR) is 135 cm³/mol. The van der Waals surface area contributed by atoms with Gasteiger partial charge in [0.2, 0.25) is 5.89 Å². The van der Waals surface area contributed by atoms with Gasteiger partial charge in [-0.15, -0.1) is 0 Å². The Balaban J connectivity index is 1.46. The van der Waals surface area contributed by atoms with Crippen LogP contribution in [0.2, 0.25) is 0 Å². The van der Waals surface area contributed by atoms with Crippen molar-refractivity contribution in [1.82, 2.24) is 10.3 Å². The number of oxazole rings is 1. The molecule has 3 aromatic carbocycles. The number of nitrogens with one attached hydrogen (secondary N) is 2. The third kappa shape index (κ3) is 4.88. The summed E-state index contributed by atoms with van der Waals surface area (Å²) in [5.74, 6) is 0.409. The van der Waals surface area contributed by atoms with E-state index in [9.17, 15) is 9.90 Å². The van der Waals surface area contributed by atoms with Crippen LogP contribution >= 0.6 is 12.2 Å². The molecule has 0 spiro atoms. The molecule has 33 heavy (non-hydrogen) atoms. The first-order valence-electron chi connectivity index (χ1n) is 10.6. The molecule has 0 aliphatic rings. The number of nitrogens with zero attached hydrogens (tertiary/aromatic N) is 1. The third-order valence-electron chi connectivity index (χ3n) is 5.37. The van der Waals surface area contributed by atoms with Crippen molar-refractivity contribution in [1.29, 1.82) is 0 Å². The number of phenols is 1. The Morgan fingerprint density at radius 1 is 1.06 bits per heavy atom. The Labute approximate surface area is 197 Å². The van der Waals surface area contributed by atoms with Crippen LogP contribution in [0.4, 0.5) is 5.69 Å². The SMILES string of the molecule is Cc1cc(C)c2oc(-c3ccc(NC(=S)NC(=O)c4ccc(C(C)C)cc4)cc3O)nc2c1. The van der Waals surface area contributed by atoms with Crippen molar-refractivity contribution in [2.24, 2.45) is 0 Å². The fraction of sp³-hybridized carbons (Fsp3) is 0.192. The van der Waals surface area contributed by atoms with Crippen molar-refractivity contribution in [3.63, 3.8) is 0 Å². The van der Waals surface area contributed by atoms with Crippen molar-refractivity contribution in [3.05, 3.63) is 76.9 Å². The van der Waals surface area contributed by atoms with E-state index in [2.05, 4.69) is 29.5 Å². The summed E-state index contributed by atoms with van der Waals surface area (Å²) in [5.41, 5.74) is 6.19. The first-order chi connectivity index (χ1) is 15.7. The zero-order valence-corrected chi connectivity index (χ0v) is 19.7. The molecule has 0 radical (unpaired) electrons. The number of amides is 1. The standard InChI is InChI=1S/C26H25N3O3S/c1-14(2)17-5-7-18(8-6-17)24(31)29-26(33)27-19-9-10-20(22(30)13-19)25-28-21-12-15(3)11-16(4)23(21)32-25/h5-14,30H,1-4H3,(H2,27,29,31,33). The number of carbonyl (C=O) groups is 1. The second-order valence-corrected chi connectivity index (χ2v) is 8.77. The highest BCUT2D eigenvalue weighted by molar-refractivity contribution is 7.80. The second-order valence-electron chi connectivity index (χ2n) is 8.37. The van der Waals surface area contributed by atoms with Gasteiger partial charge in [0.15, 0.2) is 10.7 Å². The first-order valence-corrected chi connectivity index (χ1v) is 11.1. The van der Waals surface area contributed by atoms with Gasteiger partial charge in [0.25, 0.3) is 5.91 Å². The minimum absolute atomic E-state index is 0.0145. The van der Waals surface area contributed by atoms with Gasteiger partial charge in [-0.2, -0.15) is 0 Å². The van der Waals surface area contributed by atoms with E-state index in [1.165, 1.54) is 6.07 Å². The van der Waals surface area contributed by atoms with E-state index >= 15 is 0 Å². The number of hydrogen-bond donors (Lipinski definition) is 3. The van der Waals surface area contributed by atoms with Crippen molar-refractivity contribution in [2.45, 2.75) is 33.6 Å². The maximum Gasteiger partial charge on any atom is 0.257 e. The quantitative estimate of drug-likeness (QED) is 0.321. The molecular weight excluding hydrogens is 434 g/mol. The van der Waals surface area contributed by atoms with E-state index in [-0.39, 0.29) is 16.8 Å². The molecule has 0 aliphatic heterocycles. The van der Waals surface area contributed by atoms with Gasteiger partial charge < -0.3 is 14.8 Å². The van der Waals surface area contributed by atoms with Crippen LogP contribution in [0.1, 0.15) is 46.8 Å². The molecule has 0 bridgehead atoms. The third-order valence-corrected chi connectivity index (χ3v) is 5.58. The molecule has 0 unspecified atom stereocenters. The van der Waals surface area contributed by atoms with Crippen LogP contribution in [0.15, 0.2) is 59.0 Å². The van der Waals surface area contributed by atoms with Gasteiger partial charge in [-0.1, -0.05) is 32.0 Å². The lowest BCUT2D eigenvalue weighted by molar-refractivity contribution is 0.0977. The second kappa shape index (κ2) is 9.03. The Kier molecular flexibility index (Phi) is 6.16. The van der Waals surface area contributed by atoms with Crippen LogP contribution < -0.4 is 10.6 Å². The fourth-order valence-electron chi connectivity index (χ4n) is 3.64. The number of aromatic hydroxyl groups is 1. The van der Waals surface area contributed by atoms with E-state index in [0.29, 0.717) is 34.2 Å². The molecular formula is C26H25N3O3S. The summed E-state index contributed by atoms with van der Waals surface area (Å²) in [7, 11) is 0. The minimum atomic E-state index is -0.305. The zero-order chi connectivity index (χ0) is 23.7. The largest absolute Gasteiger partial charge is 0.507 e. The number of thiocarbonyl (C=S) groups is 1. The number of carbonyl (C=O) groups excluding carboxylic acids is 1. The normalized spacial score (nSPS) is 11.1. The minimum Gasteiger partial charge on any atom is -0.507 e. The lowest BCUT2D eigenvalue weighted by Crippen LogP contribution is -2.34. The molecule has 4 rings (SSSR count). The highest BCUT2D eigenvalue weighted by atomic mass is 32.1. The number of anilines is 1. The lowest BCUT2D eigenvalue weighted by Gasteiger charge is -2.11. The molecule has 7 heteroatoms.